The number of nitrogens with one attached hydrogen (secondary N) is 1. The quantitative estimate of drug-likeness (QED) is 0.567. The van der Waals surface area contributed by atoms with E-state index in [0.717, 1.165) is 18.4 Å². The lowest BCUT2D eigenvalue weighted by Gasteiger charge is -2.30. The van der Waals surface area contributed by atoms with Crippen LogP contribution < -0.4 is 9.62 Å². The number of hydrogen-bond donors (Lipinski definition) is 1. The summed E-state index contributed by atoms with van der Waals surface area (Å²) in [5, 5.41) is 3.22. The molecule has 0 atom stereocenters. The van der Waals surface area contributed by atoms with Gasteiger partial charge in [-0.25, -0.2) is 8.42 Å². The van der Waals surface area contributed by atoms with Crippen LogP contribution in [-0.4, -0.2) is 20.9 Å². The van der Waals surface area contributed by atoms with E-state index in [0.29, 0.717) is 22.9 Å². The van der Waals surface area contributed by atoms with Crippen molar-refractivity contribution in [1.29, 1.82) is 0 Å². The molecule has 0 spiro atoms. The van der Waals surface area contributed by atoms with Gasteiger partial charge in [0.05, 0.1) is 26.3 Å². The fourth-order valence-electron chi connectivity index (χ4n) is 3.47. The second-order valence-corrected chi connectivity index (χ2v) is 9.54. The van der Waals surface area contributed by atoms with Gasteiger partial charge in [0.15, 0.2) is 0 Å². The molecule has 1 aliphatic rings. The van der Waals surface area contributed by atoms with Gasteiger partial charge in [0.2, 0.25) is 0 Å². The molecule has 0 bridgehead atoms. The number of benzene rings is 3. The Kier molecular flexibility index (Phi) is 5.73. The van der Waals surface area contributed by atoms with Gasteiger partial charge in [-0.05, 0) is 54.8 Å². The summed E-state index contributed by atoms with van der Waals surface area (Å²) >= 11 is 12.1. The molecule has 0 unspecified atom stereocenters. The third kappa shape index (κ3) is 3.90. The first-order chi connectivity index (χ1) is 14.4. The molecule has 1 aliphatic heterocycles. The van der Waals surface area contributed by atoms with Crippen molar-refractivity contribution in [2.45, 2.75) is 17.7 Å². The number of sulfonamides is 1. The first-order valence-corrected chi connectivity index (χ1v) is 11.5. The van der Waals surface area contributed by atoms with Gasteiger partial charge in [0.25, 0.3) is 15.9 Å². The van der Waals surface area contributed by atoms with E-state index in [1.54, 1.807) is 30.3 Å². The summed E-state index contributed by atoms with van der Waals surface area (Å²) < 4.78 is 28.1. The number of rotatable bonds is 4. The smallest absolute Gasteiger partial charge is 0.264 e. The maximum Gasteiger partial charge on any atom is 0.264 e. The third-order valence-electron chi connectivity index (χ3n) is 4.95. The highest BCUT2D eigenvalue weighted by molar-refractivity contribution is 7.92. The zero-order valence-corrected chi connectivity index (χ0v) is 18.1. The van der Waals surface area contributed by atoms with Crippen LogP contribution in [0, 0.1) is 0 Å². The third-order valence-corrected chi connectivity index (χ3v) is 7.58. The van der Waals surface area contributed by atoms with E-state index in [1.807, 2.05) is 24.3 Å². The van der Waals surface area contributed by atoms with Crippen molar-refractivity contribution in [2.75, 3.05) is 16.2 Å². The van der Waals surface area contributed by atoms with E-state index in [-0.39, 0.29) is 15.5 Å². The van der Waals surface area contributed by atoms with Gasteiger partial charge in [0, 0.05) is 12.1 Å². The second kappa shape index (κ2) is 8.30. The number of aryl methyl sites for hydroxylation is 1. The predicted octanol–water partition coefficient (Wildman–Crippen LogP) is 5.39. The van der Waals surface area contributed by atoms with Crippen LogP contribution in [0.1, 0.15) is 22.3 Å². The van der Waals surface area contributed by atoms with Gasteiger partial charge in [-0.2, -0.15) is 0 Å². The number of amides is 1. The number of carbonyl (C=O) groups excluding carboxylic acids is 1. The molecule has 5 nitrogen and oxygen atoms in total. The summed E-state index contributed by atoms with van der Waals surface area (Å²) in [6, 6.07) is 18.4. The number of halogens is 2. The molecule has 4 rings (SSSR count). The highest BCUT2D eigenvalue weighted by Gasteiger charge is 2.29. The Morgan fingerprint density at radius 3 is 2.57 bits per heavy atom. The van der Waals surface area contributed by atoms with Crippen molar-refractivity contribution in [3.05, 3.63) is 87.9 Å². The highest BCUT2D eigenvalue weighted by atomic mass is 35.5. The van der Waals surface area contributed by atoms with Crippen LogP contribution in [0.2, 0.25) is 10.0 Å². The zero-order chi connectivity index (χ0) is 21.3. The number of carbonyl (C=O) groups is 1. The second-order valence-electron chi connectivity index (χ2n) is 6.89. The molecule has 0 aliphatic carbocycles. The molecule has 0 aromatic heterocycles. The topological polar surface area (TPSA) is 66.5 Å². The number of nitrogens with zero attached hydrogens (tertiary/aromatic N) is 1. The van der Waals surface area contributed by atoms with Crippen LogP contribution in [-0.2, 0) is 16.4 Å². The standard InChI is InChI=1S/C22H18Cl2N2O3S/c23-18-10-4-11-19(21(18)24)25-22(27)16-7-3-9-17(14-16)30(28,29)26-13-5-8-15-6-1-2-12-20(15)26/h1-4,6-7,9-12,14H,5,8,13H2,(H,25,27). The average molecular weight is 461 g/mol. The van der Waals surface area contributed by atoms with Crippen molar-refractivity contribution >= 4 is 50.5 Å². The molecule has 1 N–H and O–H groups in total. The summed E-state index contributed by atoms with van der Waals surface area (Å²) in [4.78, 5) is 12.8. The Bertz CT molecular complexity index is 1230. The first-order valence-electron chi connectivity index (χ1n) is 9.34. The van der Waals surface area contributed by atoms with Gasteiger partial charge in [0.1, 0.15) is 0 Å². The van der Waals surface area contributed by atoms with Crippen LogP contribution in [0.3, 0.4) is 0 Å². The molecule has 8 heteroatoms. The minimum Gasteiger partial charge on any atom is -0.321 e. The van der Waals surface area contributed by atoms with E-state index in [4.69, 9.17) is 23.2 Å². The van der Waals surface area contributed by atoms with E-state index in [2.05, 4.69) is 5.32 Å². The number of anilines is 2. The molecule has 1 amide bonds. The first kappa shape index (κ1) is 20.7. The Morgan fingerprint density at radius 1 is 0.967 bits per heavy atom. The van der Waals surface area contributed by atoms with Gasteiger partial charge >= 0.3 is 0 Å². The van der Waals surface area contributed by atoms with Crippen LogP contribution in [0.5, 0.6) is 0 Å². The van der Waals surface area contributed by atoms with Crippen molar-refractivity contribution in [2.24, 2.45) is 0 Å². The normalized spacial score (nSPS) is 13.6. The van der Waals surface area contributed by atoms with Crippen LogP contribution in [0.25, 0.3) is 0 Å². The summed E-state index contributed by atoms with van der Waals surface area (Å²) in [7, 11) is -3.81. The van der Waals surface area contributed by atoms with E-state index >= 15 is 0 Å². The lowest BCUT2D eigenvalue weighted by Crippen LogP contribution is -2.35. The Hall–Kier alpha value is -2.54. The van der Waals surface area contributed by atoms with Gasteiger partial charge in [-0.3, -0.25) is 9.10 Å². The number of fused-ring (bicyclic) bond motifs is 1. The summed E-state index contributed by atoms with van der Waals surface area (Å²) in [6.07, 6.45) is 1.58. The summed E-state index contributed by atoms with van der Waals surface area (Å²) in [6.45, 7) is 0.397. The van der Waals surface area contributed by atoms with E-state index in [1.165, 1.54) is 16.4 Å². The van der Waals surface area contributed by atoms with Crippen LogP contribution in [0.4, 0.5) is 11.4 Å². The lowest BCUT2D eigenvalue weighted by atomic mass is 10.0. The zero-order valence-electron chi connectivity index (χ0n) is 15.8. The molecule has 30 heavy (non-hydrogen) atoms. The lowest BCUT2D eigenvalue weighted by molar-refractivity contribution is 0.102. The maximum atomic E-state index is 13.3. The Balaban J connectivity index is 1.65. The molecule has 0 saturated heterocycles. The van der Waals surface area contributed by atoms with Crippen LogP contribution in [0.15, 0.2) is 71.6 Å². The highest BCUT2D eigenvalue weighted by Crippen LogP contribution is 2.32. The molecule has 154 valence electrons. The fraction of sp³-hybridized carbons (Fsp3) is 0.136. The van der Waals surface area contributed by atoms with E-state index < -0.39 is 15.9 Å². The molecular formula is C22H18Cl2N2O3S. The molecule has 0 radical (unpaired) electrons. The van der Waals surface area contributed by atoms with Crippen molar-refractivity contribution in [3.63, 3.8) is 0 Å². The number of hydrogen-bond acceptors (Lipinski definition) is 3. The van der Waals surface area contributed by atoms with Crippen molar-refractivity contribution in [3.8, 4) is 0 Å². The van der Waals surface area contributed by atoms with Crippen LogP contribution >= 0.6 is 23.2 Å². The SMILES string of the molecule is O=C(Nc1cccc(Cl)c1Cl)c1cccc(S(=O)(=O)N2CCCc3ccccc32)c1. The van der Waals surface area contributed by atoms with Crippen molar-refractivity contribution < 1.29 is 13.2 Å². The molecular weight excluding hydrogens is 443 g/mol. The summed E-state index contributed by atoms with van der Waals surface area (Å²) in [5.41, 5.74) is 2.24. The Labute approximate surface area is 185 Å². The summed E-state index contributed by atoms with van der Waals surface area (Å²) in [5.74, 6) is -0.477. The van der Waals surface area contributed by atoms with E-state index in [9.17, 15) is 13.2 Å². The van der Waals surface area contributed by atoms with Crippen molar-refractivity contribution in [1.82, 2.24) is 0 Å². The largest absolute Gasteiger partial charge is 0.321 e. The minimum atomic E-state index is -3.81. The minimum absolute atomic E-state index is 0.0593. The molecule has 3 aromatic rings. The van der Waals surface area contributed by atoms with Gasteiger partial charge in [-0.15, -0.1) is 0 Å². The molecule has 0 fully saturated rings. The fourth-order valence-corrected chi connectivity index (χ4v) is 5.40. The molecule has 0 saturated carbocycles. The maximum absolute atomic E-state index is 13.3. The number of para-hydroxylation sites is 1. The van der Waals surface area contributed by atoms with Gasteiger partial charge in [-0.1, -0.05) is 53.5 Å². The van der Waals surface area contributed by atoms with Gasteiger partial charge < -0.3 is 5.32 Å². The molecule has 1 heterocycles. The average Bonchev–Trinajstić information content (AvgIpc) is 2.76. The molecule has 3 aromatic carbocycles. The predicted molar refractivity (Wildman–Crippen MR) is 120 cm³/mol. The monoisotopic (exact) mass is 460 g/mol. The Morgan fingerprint density at radius 2 is 1.73 bits per heavy atom.